The van der Waals surface area contributed by atoms with Gasteiger partial charge in [0.05, 0.1) is 17.1 Å². The number of sulfonamides is 1. The molecule has 0 bridgehead atoms. The van der Waals surface area contributed by atoms with Crippen LogP contribution in [0.25, 0.3) is 0 Å². The van der Waals surface area contributed by atoms with E-state index in [2.05, 4.69) is 4.72 Å². The highest BCUT2D eigenvalue weighted by atomic mass is 32.2. The molecule has 7 heteroatoms. The standard InChI is InChI=1S/C10H13NO5S/c1-16-7-6-11-17(14,15)9-5-3-2-4-8(9)10(12)13/h2-5,11H,6-7H2,1H3,(H,12,13). The Balaban J connectivity index is 3.02. The fourth-order valence-corrected chi connectivity index (χ4v) is 2.44. The first kappa shape index (κ1) is 13.6. The Bertz CT molecular complexity index is 497. The molecule has 0 saturated carbocycles. The predicted molar refractivity (Wildman–Crippen MR) is 60.5 cm³/mol. The number of rotatable bonds is 6. The molecule has 0 aliphatic rings. The molecular weight excluding hydrogens is 246 g/mol. The molecule has 1 aromatic carbocycles. The maximum absolute atomic E-state index is 11.8. The summed E-state index contributed by atoms with van der Waals surface area (Å²) in [7, 11) is -2.38. The normalized spacial score (nSPS) is 11.4. The summed E-state index contributed by atoms with van der Waals surface area (Å²) in [4.78, 5) is 10.6. The molecule has 17 heavy (non-hydrogen) atoms. The fourth-order valence-electron chi connectivity index (χ4n) is 1.23. The molecule has 1 aromatic rings. The highest BCUT2D eigenvalue weighted by Crippen LogP contribution is 2.14. The van der Waals surface area contributed by atoms with Gasteiger partial charge in [-0.1, -0.05) is 12.1 Å². The first-order valence-corrected chi connectivity index (χ1v) is 6.28. The third-order valence-corrected chi connectivity index (χ3v) is 3.52. The van der Waals surface area contributed by atoms with Crippen molar-refractivity contribution in [3.8, 4) is 0 Å². The second kappa shape index (κ2) is 5.76. The largest absolute Gasteiger partial charge is 0.478 e. The number of hydrogen-bond acceptors (Lipinski definition) is 4. The molecular formula is C10H13NO5S. The van der Waals surface area contributed by atoms with E-state index in [0.717, 1.165) is 0 Å². The van der Waals surface area contributed by atoms with Crippen LogP contribution in [-0.4, -0.2) is 39.8 Å². The molecule has 0 atom stereocenters. The highest BCUT2D eigenvalue weighted by molar-refractivity contribution is 7.89. The average Bonchev–Trinajstić information content (AvgIpc) is 2.29. The molecule has 0 spiro atoms. The summed E-state index contributed by atoms with van der Waals surface area (Å²) in [5, 5.41) is 8.88. The Morgan fingerprint density at radius 1 is 1.41 bits per heavy atom. The third kappa shape index (κ3) is 3.52. The smallest absolute Gasteiger partial charge is 0.337 e. The molecule has 0 saturated heterocycles. The number of carbonyl (C=O) groups is 1. The Morgan fingerprint density at radius 2 is 2.06 bits per heavy atom. The average molecular weight is 259 g/mol. The zero-order valence-electron chi connectivity index (χ0n) is 9.21. The van der Waals surface area contributed by atoms with Crippen LogP contribution in [0.2, 0.25) is 0 Å². The molecule has 0 fully saturated rings. The van der Waals surface area contributed by atoms with Gasteiger partial charge in [-0.15, -0.1) is 0 Å². The quantitative estimate of drug-likeness (QED) is 0.717. The van der Waals surface area contributed by atoms with Gasteiger partial charge >= 0.3 is 5.97 Å². The van der Waals surface area contributed by atoms with Crippen LogP contribution >= 0.6 is 0 Å². The van der Waals surface area contributed by atoms with Gasteiger partial charge in [0.15, 0.2) is 0 Å². The fraction of sp³-hybridized carbons (Fsp3) is 0.300. The van der Waals surface area contributed by atoms with E-state index in [0.29, 0.717) is 0 Å². The lowest BCUT2D eigenvalue weighted by molar-refractivity contribution is 0.0692. The molecule has 6 nitrogen and oxygen atoms in total. The number of hydrogen-bond donors (Lipinski definition) is 2. The van der Waals surface area contributed by atoms with Crippen LogP contribution in [0.3, 0.4) is 0 Å². The van der Waals surface area contributed by atoms with Gasteiger partial charge < -0.3 is 9.84 Å². The van der Waals surface area contributed by atoms with Crippen LogP contribution in [0.15, 0.2) is 29.2 Å². The van der Waals surface area contributed by atoms with Gasteiger partial charge in [0.2, 0.25) is 10.0 Å². The van der Waals surface area contributed by atoms with E-state index in [-0.39, 0.29) is 23.6 Å². The van der Waals surface area contributed by atoms with Crippen molar-refractivity contribution in [1.29, 1.82) is 0 Å². The van der Waals surface area contributed by atoms with Gasteiger partial charge in [-0.2, -0.15) is 0 Å². The minimum Gasteiger partial charge on any atom is -0.478 e. The lowest BCUT2D eigenvalue weighted by atomic mass is 10.2. The van der Waals surface area contributed by atoms with E-state index in [1.54, 1.807) is 0 Å². The monoisotopic (exact) mass is 259 g/mol. The summed E-state index contributed by atoms with van der Waals surface area (Å²) >= 11 is 0. The summed E-state index contributed by atoms with van der Waals surface area (Å²) in [6, 6.07) is 5.43. The lowest BCUT2D eigenvalue weighted by Gasteiger charge is -2.08. The Hall–Kier alpha value is -1.44. The molecule has 94 valence electrons. The summed E-state index contributed by atoms with van der Waals surface area (Å²) in [5.41, 5.74) is -0.252. The van der Waals surface area contributed by atoms with Gasteiger partial charge in [0, 0.05) is 13.7 Å². The second-order valence-electron chi connectivity index (χ2n) is 3.19. The summed E-state index contributed by atoms with van der Waals surface area (Å²) in [6.07, 6.45) is 0. The zero-order chi connectivity index (χ0) is 12.9. The minimum atomic E-state index is -3.82. The molecule has 0 aliphatic carbocycles. The van der Waals surface area contributed by atoms with E-state index >= 15 is 0 Å². The lowest BCUT2D eigenvalue weighted by Crippen LogP contribution is -2.28. The van der Waals surface area contributed by atoms with Crippen LogP contribution in [0.5, 0.6) is 0 Å². The number of ether oxygens (including phenoxy) is 1. The summed E-state index contributed by atoms with van der Waals surface area (Å²) in [6.45, 7) is 0.307. The summed E-state index contributed by atoms with van der Waals surface area (Å²) in [5.74, 6) is -1.28. The second-order valence-corrected chi connectivity index (χ2v) is 4.93. The van der Waals surface area contributed by atoms with E-state index in [9.17, 15) is 13.2 Å². The third-order valence-electron chi connectivity index (χ3n) is 2.01. The van der Waals surface area contributed by atoms with Crippen molar-refractivity contribution in [2.24, 2.45) is 0 Å². The maximum atomic E-state index is 11.8. The van der Waals surface area contributed by atoms with Crippen molar-refractivity contribution in [3.05, 3.63) is 29.8 Å². The van der Waals surface area contributed by atoms with Crippen LogP contribution < -0.4 is 4.72 Å². The van der Waals surface area contributed by atoms with Gasteiger partial charge in [-0.05, 0) is 12.1 Å². The Kier molecular flexibility index (Phi) is 4.62. The van der Waals surface area contributed by atoms with Gasteiger partial charge in [0.1, 0.15) is 0 Å². The Morgan fingerprint density at radius 3 is 2.65 bits per heavy atom. The van der Waals surface area contributed by atoms with E-state index in [4.69, 9.17) is 9.84 Å². The van der Waals surface area contributed by atoms with Crippen molar-refractivity contribution >= 4 is 16.0 Å². The van der Waals surface area contributed by atoms with Crippen LogP contribution in [0.4, 0.5) is 0 Å². The molecule has 1 rings (SSSR count). The Labute approximate surface area is 99.3 Å². The molecule has 0 aliphatic heterocycles. The van der Waals surface area contributed by atoms with E-state index in [1.165, 1.54) is 31.4 Å². The van der Waals surface area contributed by atoms with Crippen molar-refractivity contribution < 1.29 is 23.1 Å². The number of aromatic carboxylic acids is 1. The maximum Gasteiger partial charge on any atom is 0.337 e. The predicted octanol–water partition coefficient (Wildman–Crippen LogP) is 0.309. The topological polar surface area (TPSA) is 92.7 Å². The summed E-state index contributed by atoms with van der Waals surface area (Å²) < 4.78 is 30.6. The van der Waals surface area contributed by atoms with Crippen molar-refractivity contribution in [3.63, 3.8) is 0 Å². The first-order chi connectivity index (χ1) is 7.99. The van der Waals surface area contributed by atoms with E-state index in [1.807, 2.05) is 0 Å². The molecule has 2 N–H and O–H groups in total. The molecule has 0 heterocycles. The van der Waals surface area contributed by atoms with Crippen LogP contribution in [0.1, 0.15) is 10.4 Å². The molecule has 0 aromatic heterocycles. The van der Waals surface area contributed by atoms with Crippen molar-refractivity contribution in [1.82, 2.24) is 4.72 Å². The zero-order valence-corrected chi connectivity index (χ0v) is 10.0. The van der Waals surface area contributed by atoms with Crippen LogP contribution in [0, 0.1) is 0 Å². The van der Waals surface area contributed by atoms with Crippen LogP contribution in [-0.2, 0) is 14.8 Å². The molecule has 0 amide bonds. The highest BCUT2D eigenvalue weighted by Gasteiger charge is 2.20. The van der Waals surface area contributed by atoms with Gasteiger partial charge in [-0.25, -0.2) is 17.9 Å². The first-order valence-electron chi connectivity index (χ1n) is 4.80. The van der Waals surface area contributed by atoms with Gasteiger partial charge in [0.25, 0.3) is 0 Å². The van der Waals surface area contributed by atoms with Crippen molar-refractivity contribution in [2.45, 2.75) is 4.90 Å². The van der Waals surface area contributed by atoms with Gasteiger partial charge in [-0.3, -0.25) is 0 Å². The van der Waals surface area contributed by atoms with Crippen molar-refractivity contribution in [2.75, 3.05) is 20.3 Å². The van der Waals surface area contributed by atoms with E-state index < -0.39 is 16.0 Å². The number of carboxylic acids is 1. The minimum absolute atomic E-state index is 0.0901. The number of nitrogens with one attached hydrogen (secondary N) is 1. The SMILES string of the molecule is COCCNS(=O)(=O)c1ccccc1C(=O)O. The molecule has 0 unspecified atom stereocenters. The number of carboxylic acid groups (broad SMARTS) is 1. The number of methoxy groups -OCH3 is 1. The molecule has 0 radical (unpaired) electrons. The number of benzene rings is 1.